The molecule has 1 rings (SSSR count). The third kappa shape index (κ3) is 4.49. The van der Waals surface area contributed by atoms with Crippen LogP contribution < -0.4 is 0 Å². The van der Waals surface area contributed by atoms with E-state index in [0.717, 1.165) is 0 Å². The molecule has 2 atom stereocenters. The molecule has 19 heavy (non-hydrogen) atoms. The van der Waals surface area contributed by atoms with Gasteiger partial charge < -0.3 is 10.0 Å². The number of carboxylic acids is 1. The second kappa shape index (κ2) is 6.36. The van der Waals surface area contributed by atoms with Crippen molar-refractivity contribution in [1.82, 2.24) is 4.90 Å². The van der Waals surface area contributed by atoms with Crippen molar-refractivity contribution in [3.05, 3.63) is 0 Å². The van der Waals surface area contributed by atoms with E-state index in [0.29, 0.717) is 25.8 Å². The zero-order chi connectivity index (χ0) is 14.6. The number of carbonyl (C=O) groups excluding carboxylic acids is 1. The largest absolute Gasteiger partial charge is 0.480 e. The number of aliphatic carboxylic acids is 1. The zero-order valence-electron chi connectivity index (χ0n) is 11.3. The van der Waals surface area contributed by atoms with E-state index in [2.05, 4.69) is 0 Å². The second-order valence-corrected chi connectivity index (χ2v) is 7.35. The Labute approximate surface area is 113 Å². The Morgan fingerprint density at radius 1 is 1.37 bits per heavy atom. The van der Waals surface area contributed by atoms with E-state index in [1.807, 2.05) is 6.92 Å². The van der Waals surface area contributed by atoms with Crippen molar-refractivity contribution < 1.29 is 23.1 Å². The first kappa shape index (κ1) is 15.9. The molecule has 0 bridgehead atoms. The van der Waals surface area contributed by atoms with E-state index in [4.69, 9.17) is 5.11 Å². The first-order valence-electron chi connectivity index (χ1n) is 6.49. The molecule has 0 aliphatic carbocycles. The van der Waals surface area contributed by atoms with Crippen molar-refractivity contribution in [2.75, 3.05) is 18.1 Å². The van der Waals surface area contributed by atoms with Gasteiger partial charge in [0.2, 0.25) is 5.91 Å². The average Bonchev–Trinajstić information content (AvgIpc) is 2.27. The van der Waals surface area contributed by atoms with Crippen LogP contribution in [-0.2, 0) is 19.4 Å². The summed E-state index contributed by atoms with van der Waals surface area (Å²) in [5.41, 5.74) is 0. The number of amides is 1. The fourth-order valence-corrected chi connectivity index (χ4v) is 3.64. The van der Waals surface area contributed by atoms with Crippen LogP contribution in [-0.4, -0.2) is 54.4 Å². The van der Waals surface area contributed by atoms with E-state index in [1.165, 1.54) is 4.90 Å². The van der Waals surface area contributed by atoms with Crippen LogP contribution in [0, 0.1) is 5.92 Å². The molecule has 2 unspecified atom stereocenters. The van der Waals surface area contributed by atoms with E-state index < -0.39 is 33.5 Å². The van der Waals surface area contributed by atoms with Crippen molar-refractivity contribution in [1.29, 1.82) is 0 Å². The molecule has 1 aliphatic rings. The van der Waals surface area contributed by atoms with Gasteiger partial charge in [0.05, 0.1) is 5.75 Å². The quantitative estimate of drug-likeness (QED) is 0.797. The number of piperidine rings is 1. The number of rotatable bonds is 5. The molecular formula is C12H21NO5S. The summed E-state index contributed by atoms with van der Waals surface area (Å²) in [4.78, 5) is 24.4. The number of likely N-dealkylation sites (tertiary alicyclic amines) is 1. The average molecular weight is 291 g/mol. The van der Waals surface area contributed by atoms with Gasteiger partial charge in [0.1, 0.15) is 11.8 Å². The first-order chi connectivity index (χ1) is 8.76. The topological polar surface area (TPSA) is 91.8 Å². The summed E-state index contributed by atoms with van der Waals surface area (Å²) in [7, 11) is -3.43. The van der Waals surface area contributed by atoms with Gasteiger partial charge in [-0.2, -0.15) is 0 Å². The van der Waals surface area contributed by atoms with Gasteiger partial charge in [-0.1, -0.05) is 13.8 Å². The van der Waals surface area contributed by atoms with Gasteiger partial charge in [-0.05, 0) is 25.2 Å². The Hall–Kier alpha value is -1.11. The Bertz CT molecular complexity index is 445. The van der Waals surface area contributed by atoms with Gasteiger partial charge in [-0.25, -0.2) is 13.2 Å². The van der Waals surface area contributed by atoms with Crippen molar-refractivity contribution >= 4 is 21.7 Å². The van der Waals surface area contributed by atoms with Crippen LogP contribution in [0.3, 0.4) is 0 Å². The number of hydrogen-bond donors (Lipinski definition) is 1. The van der Waals surface area contributed by atoms with Crippen LogP contribution in [0.5, 0.6) is 0 Å². The third-order valence-electron chi connectivity index (χ3n) is 3.33. The van der Waals surface area contributed by atoms with Crippen molar-refractivity contribution in [2.24, 2.45) is 5.92 Å². The number of hydrogen-bond acceptors (Lipinski definition) is 4. The smallest absolute Gasteiger partial charge is 0.326 e. The summed E-state index contributed by atoms with van der Waals surface area (Å²) < 4.78 is 23.3. The van der Waals surface area contributed by atoms with Crippen molar-refractivity contribution in [3.63, 3.8) is 0 Å². The maximum Gasteiger partial charge on any atom is 0.326 e. The molecule has 0 aromatic rings. The second-order valence-electron chi connectivity index (χ2n) is 5.16. The molecule has 1 saturated heterocycles. The molecule has 1 heterocycles. The third-order valence-corrected chi connectivity index (χ3v) is 5.05. The molecule has 0 saturated carbocycles. The molecular weight excluding hydrogens is 270 g/mol. The number of nitrogens with zero attached hydrogens (tertiary/aromatic N) is 1. The van der Waals surface area contributed by atoms with E-state index in [1.54, 1.807) is 6.92 Å². The maximum atomic E-state index is 12.0. The van der Waals surface area contributed by atoms with Crippen LogP contribution >= 0.6 is 0 Å². The van der Waals surface area contributed by atoms with Gasteiger partial charge in [0, 0.05) is 6.54 Å². The lowest BCUT2D eigenvalue weighted by Crippen LogP contribution is -2.51. The highest BCUT2D eigenvalue weighted by atomic mass is 32.2. The van der Waals surface area contributed by atoms with Crippen LogP contribution in [0.4, 0.5) is 0 Å². The van der Waals surface area contributed by atoms with Crippen LogP contribution in [0.15, 0.2) is 0 Å². The monoisotopic (exact) mass is 291 g/mol. The van der Waals surface area contributed by atoms with E-state index >= 15 is 0 Å². The molecule has 6 nitrogen and oxygen atoms in total. The lowest BCUT2D eigenvalue weighted by molar-refractivity contribution is -0.152. The van der Waals surface area contributed by atoms with Crippen molar-refractivity contribution in [3.8, 4) is 0 Å². The number of carboxylic acid groups (broad SMARTS) is 1. The van der Waals surface area contributed by atoms with Gasteiger partial charge in [0.25, 0.3) is 0 Å². The minimum atomic E-state index is -3.43. The summed E-state index contributed by atoms with van der Waals surface area (Å²) in [5.74, 6) is -2.04. The predicted octanol–water partition coefficient (Wildman–Crippen LogP) is 0.523. The van der Waals surface area contributed by atoms with Crippen LogP contribution in [0.25, 0.3) is 0 Å². The van der Waals surface area contributed by atoms with Gasteiger partial charge in [-0.15, -0.1) is 0 Å². The fourth-order valence-electron chi connectivity index (χ4n) is 2.33. The Kier molecular flexibility index (Phi) is 5.34. The normalized spacial score (nSPS) is 24.2. The summed E-state index contributed by atoms with van der Waals surface area (Å²) in [5, 5.41) is 9.13. The predicted molar refractivity (Wildman–Crippen MR) is 70.5 cm³/mol. The van der Waals surface area contributed by atoms with Gasteiger partial charge in [0.15, 0.2) is 9.84 Å². The summed E-state index contributed by atoms with van der Waals surface area (Å²) >= 11 is 0. The van der Waals surface area contributed by atoms with Crippen LogP contribution in [0.1, 0.15) is 33.1 Å². The molecule has 1 N–H and O–H groups in total. The minimum absolute atomic E-state index is 0.0410. The van der Waals surface area contributed by atoms with Crippen LogP contribution in [0.2, 0.25) is 0 Å². The molecule has 0 aromatic heterocycles. The van der Waals surface area contributed by atoms with E-state index in [9.17, 15) is 18.0 Å². The number of carbonyl (C=O) groups is 2. The lowest BCUT2D eigenvalue weighted by atomic mass is 9.92. The molecule has 1 aliphatic heterocycles. The lowest BCUT2D eigenvalue weighted by Gasteiger charge is -2.35. The molecule has 0 spiro atoms. The summed E-state index contributed by atoms with van der Waals surface area (Å²) in [6.07, 6.45) is 1.55. The summed E-state index contributed by atoms with van der Waals surface area (Å²) in [6.45, 7) is 3.98. The zero-order valence-corrected chi connectivity index (χ0v) is 12.1. The molecule has 1 fully saturated rings. The van der Waals surface area contributed by atoms with Gasteiger partial charge in [-0.3, -0.25) is 4.79 Å². The standard InChI is InChI=1S/C12H21NO5S/c1-3-6-19(17,18)8-11(14)13-5-4-9(2)7-10(13)12(15)16/h9-10H,3-8H2,1-2H3,(H,15,16). The van der Waals surface area contributed by atoms with E-state index in [-0.39, 0.29) is 11.7 Å². The fraction of sp³-hybridized carbons (Fsp3) is 0.833. The van der Waals surface area contributed by atoms with Gasteiger partial charge >= 0.3 is 5.97 Å². The van der Waals surface area contributed by atoms with Crippen molar-refractivity contribution in [2.45, 2.75) is 39.2 Å². The Morgan fingerprint density at radius 3 is 2.53 bits per heavy atom. The Morgan fingerprint density at radius 2 is 2.00 bits per heavy atom. The maximum absolute atomic E-state index is 12.0. The summed E-state index contributed by atoms with van der Waals surface area (Å²) in [6, 6.07) is -0.895. The molecule has 0 aromatic carbocycles. The first-order valence-corrected chi connectivity index (χ1v) is 8.31. The SMILES string of the molecule is CCCS(=O)(=O)CC(=O)N1CCC(C)CC1C(=O)O. The minimum Gasteiger partial charge on any atom is -0.480 e. The molecule has 110 valence electrons. The Balaban J connectivity index is 2.77. The molecule has 0 radical (unpaired) electrons. The highest BCUT2D eigenvalue weighted by Gasteiger charge is 2.35. The highest BCUT2D eigenvalue weighted by Crippen LogP contribution is 2.23. The molecule has 1 amide bonds. The highest BCUT2D eigenvalue weighted by molar-refractivity contribution is 7.92. The number of sulfone groups is 1. The molecule has 7 heteroatoms.